The molecule has 0 aliphatic carbocycles. The number of carbonyl (C=O) groups excluding carboxylic acids is 2. The van der Waals surface area contributed by atoms with E-state index in [1.807, 2.05) is 7.05 Å². The third kappa shape index (κ3) is 4.96. The molecule has 2 saturated heterocycles. The molecule has 0 aromatic heterocycles. The van der Waals surface area contributed by atoms with E-state index in [1.165, 1.54) is 16.4 Å². The fourth-order valence-electron chi connectivity index (χ4n) is 3.73. The first kappa shape index (κ1) is 21.7. The Bertz CT molecular complexity index is 841. The number of likely N-dealkylation sites (N-methyl/N-ethyl adjacent to an activating group) is 1. The molecule has 160 valence electrons. The number of hydrogen-bond donors (Lipinski definition) is 0. The van der Waals surface area contributed by atoms with Crippen molar-refractivity contribution in [3.8, 4) is 0 Å². The summed E-state index contributed by atoms with van der Waals surface area (Å²) in [6.07, 6.45) is 1.12. The Morgan fingerprint density at radius 3 is 2.34 bits per heavy atom. The number of carbonyl (C=O) groups is 2. The smallest absolute Gasteiger partial charge is 0.309 e. The van der Waals surface area contributed by atoms with Crippen molar-refractivity contribution in [3.63, 3.8) is 0 Å². The van der Waals surface area contributed by atoms with Crippen molar-refractivity contribution in [2.75, 3.05) is 52.9 Å². The highest BCUT2D eigenvalue weighted by Gasteiger charge is 2.31. The van der Waals surface area contributed by atoms with Gasteiger partial charge in [0.05, 0.1) is 17.4 Å². The molecule has 8 nitrogen and oxygen atoms in total. The lowest BCUT2D eigenvalue weighted by Crippen LogP contribution is -2.47. The molecule has 2 aliphatic rings. The predicted octanol–water partition coefficient (Wildman–Crippen LogP) is 1.04. The van der Waals surface area contributed by atoms with Crippen LogP contribution in [0.5, 0.6) is 0 Å². The molecule has 2 fully saturated rings. The van der Waals surface area contributed by atoms with Gasteiger partial charge in [0, 0.05) is 44.8 Å². The van der Waals surface area contributed by atoms with Crippen LogP contribution in [-0.4, -0.2) is 87.3 Å². The second kappa shape index (κ2) is 9.23. The Morgan fingerprint density at radius 1 is 1.07 bits per heavy atom. The maximum Gasteiger partial charge on any atom is 0.309 e. The van der Waals surface area contributed by atoms with Gasteiger partial charge in [-0.2, -0.15) is 4.31 Å². The molecular formula is C20H29N3O5S. The molecule has 1 aromatic rings. The maximum atomic E-state index is 13.0. The van der Waals surface area contributed by atoms with Gasteiger partial charge < -0.3 is 14.5 Å². The van der Waals surface area contributed by atoms with Crippen molar-refractivity contribution in [1.29, 1.82) is 0 Å². The Balaban J connectivity index is 1.68. The molecule has 0 saturated carbocycles. The van der Waals surface area contributed by atoms with Gasteiger partial charge in [-0.05, 0) is 45.0 Å². The molecule has 0 bridgehead atoms. The number of nitrogens with zero attached hydrogens (tertiary/aromatic N) is 3. The average Bonchev–Trinajstić information content (AvgIpc) is 2.74. The van der Waals surface area contributed by atoms with Gasteiger partial charge >= 0.3 is 5.97 Å². The minimum Gasteiger partial charge on any atom is -0.466 e. The van der Waals surface area contributed by atoms with Crippen molar-refractivity contribution in [3.05, 3.63) is 29.8 Å². The van der Waals surface area contributed by atoms with E-state index in [-0.39, 0.29) is 22.7 Å². The van der Waals surface area contributed by atoms with Crippen LogP contribution >= 0.6 is 0 Å². The van der Waals surface area contributed by atoms with Crippen LogP contribution in [0.4, 0.5) is 0 Å². The van der Waals surface area contributed by atoms with Gasteiger partial charge in [-0.1, -0.05) is 6.07 Å². The van der Waals surface area contributed by atoms with Crippen molar-refractivity contribution < 1.29 is 22.7 Å². The molecular weight excluding hydrogens is 394 g/mol. The molecule has 0 atom stereocenters. The van der Waals surface area contributed by atoms with Crippen LogP contribution in [0, 0.1) is 5.92 Å². The van der Waals surface area contributed by atoms with Crippen molar-refractivity contribution in [2.24, 2.45) is 5.92 Å². The Hall–Kier alpha value is -1.97. The van der Waals surface area contributed by atoms with E-state index in [0.717, 1.165) is 0 Å². The quantitative estimate of drug-likeness (QED) is 0.658. The number of likely N-dealkylation sites (tertiary alicyclic amines) is 1. The van der Waals surface area contributed by atoms with Gasteiger partial charge in [0.2, 0.25) is 10.0 Å². The van der Waals surface area contributed by atoms with Gasteiger partial charge in [-0.25, -0.2) is 8.42 Å². The highest BCUT2D eigenvalue weighted by Crippen LogP contribution is 2.23. The van der Waals surface area contributed by atoms with E-state index < -0.39 is 10.0 Å². The number of sulfonamides is 1. The summed E-state index contributed by atoms with van der Waals surface area (Å²) >= 11 is 0. The fourth-order valence-corrected chi connectivity index (χ4v) is 5.20. The third-order valence-electron chi connectivity index (χ3n) is 5.58. The predicted molar refractivity (Wildman–Crippen MR) is 108 cm³/mol. The molecule has 9 heteroatoms. The first-order valence-corrected chi connectivity index (χ1v) is 11.5. The van der Waals surface area contributed by atoms with Crippen LogP contribution in [0.1, 0.15) is 30.1 Å². The molecule has 29 heavy (non-hydrogen) atoms. The highest BCUT2D eigenvalue weighted by molar-refractivity contribution is 7.89. The van der Waals surface area contributed by atoms with Gasteiger partial charge in [0.25, 0.3) is 5.91 Å². The number of ether oxygens (including phenoxy) is 1. The van der Waals surface area contributed by atoms with Crippen LogP contribution in [0.15, 0.2) is 29.2 Å². The van der Waals surface area contributed by atoms with E-state index >= 15 is 0 Å². The minimum absolute atomic E-state index is 0.148. The lowest BCUT2D eigenvalue weighted by molar-refractivity contribution is -0.149. The zero-order valence-corrected chi connectivity index (χ0v) is 17.9. The topological polar surface area (TPSA) is 87.2 Å². The highest BCUT2D eigenvalue weighted by atomic mass is 32.2. The van der Waals surface area contributed by atoms with Gasteiger partial charge in [0.15, 0.2) is 0 Å². The largest absolute Gasteiger partial charge is 0.466 e. The van der Waals surface area contributed by atoms with E-state index in [9.17, 15) is 18.0 Å². The van der Waals surface area contributed by atoms with Crippen molar-refractivity contribution in [2.45, 2.75) is 24.7 Å². The lowest BCUT2D eigenvalue weighted by Gasteiger charge is -2.32. The second-order valence-corrected chi connectivity index (χ2v) is 9.49. The lowest BCUT2D eigenvalue weighted by atomic mass is 9.96. The first-order chi connectivity index (χ1) is 13.8. The van der Waals surface area contributed by atoms with Crippen LogP contribution in [0.3, 0.4) is 0 Å². The summed E-state index contributed by atoms with van der Waals surface area (Å²) in [6.45, 7) is 5.30. The van der Waals surface area contributed by atoms with Crippen LogP contribution in [-0.2, 0) is 19.6 Å². The van der Waals surface area contributed by atoms with Gasteiger partial charge in [-0.3, -0.25) is 9.59 Å². The number of esters is 1. The molecule has 1 aromatic carbocycles. The molecule has 0 radical (unpaired) electrons. The number of benzene rings is 1. The summed E-state index contributed by atoms with van der Waals surface area (Å²) in [6, 6.07) is 6.26. The summed E-state index contributed by atoms with van der Waals surface area (Å²) in [7, 11) is -1.66. The molecule has 0 spiro atoms. The number of hydrogen-bond acceptors (Lipinski definition) is 6. The third-order valence-corrected chi connectivity index (χ3v) is 7.48. The summed E-state index contributed by atoms with van der Waals surface area (Å²) in [5, 5.41) is 0. The van der Waals surface area contributed by atoms with Crippen molar-refractivity contribution in [1.82, 2.24) is 14.1 Å². The summed E-state index contributed by atoms with van der Waals surface area (Å²) in [5.74, 6) is -0.592. The van der Waals surface area contributed by atoms with Crippen LogP contribution in [0.25, 0.3) is 0 Å². The zero-order chi connectivity index (χ0) is 21.0. The SMILES string of the molecule is CCOC(=O)C1CCN(C(=O)c2cccc(S(=O)(=O)N3CCN(C)CC3)c2)CC1. The van der Waals surface area contributed by atoms with Crippen LogP contribution < -0.4 is 0 Å². The molecule has 2 heterocycles. The number of amides is 1. The molecule has 1 amide bonds. The minimum atomic E-state index is -3.62. The van der Waals surface area contributed by atoms with Crippen molar-refractivity contribution >= 4 is 21.9 Å². The normalized spacial score (nSPS) is 19.9. The molecule has 2 aliphatic heterocycles. The summed E-state index contributed by atoms with van der Waals surface area (Å²) in [4.78, 5) is 28.7. The Labute approximate surface area is 172 Å². The van der Waals surface area contributed by atoms with E-state index in [1.54, 1.807) is 24.0 Å². The van der Waals surface area contributed by atoms with E-state index in [0.29, 0.717) is 64.3 Å². The van der Waals surface area contributed by atoms with Gasteiger partial charge in [0.1, 0.15) is 0 Å². The maximum absolute atomic E-state index is 13.0. The Kier molecular flexibility index (Phi) is 6.92. The number of piperazine rings is 1. The van der Waals surface area contributed by atoms with Crippen LogP contribution in [0.2, 0.25) is 0 Å². The van der Waals surface area contributed by atoms with Gasteiger partial charge in [-0.15, -0.1) is 0 Å². The Morgan fingerprint density at radius 2 is 1.72 bits per heavy atom. The average molecular weight is 424 g/mol. The zero-order valence-electron chi connectivity index (χ0n) is 17.0. The monoisotopic (exact) mass is 423 g/mol. The summed E-state index contributed by atoms with van der Waals surface area (Å²) in [5.41, 5.74) is 0.356. The molecule has 0 unspecified atom stereocenters. The summed E-state index contributed by atoms with van der Waals surface area (Å²) < 4.78 is 32.4. The molecule has 3 rings (SSSR count). The second-order valence-electron chi connectivity index (χ2n) is 7.55. The van der Waals surface area contributed by atoms with E-state index in [4.69, 9.17) is 4.74 Å². The number of rotatable bonds is 5. The molecule has 0 N–H and O–H groups in total. The van der Waals surface area contributed by atoms with E-state index in [2.05, 4.69) is 4.90 Å². The first-order valence-electron chi connectivity index (χ1n) is 10.1. The standard InChI is InChI=1S/C20H29N3O5S/c1-3-28-20(25)16-7-9-22(10-8-16)19(24)17-5-4-6-18(15-17)29(26,27)23-13-11-21(2)12-14-23/h4-6,15-16H,3,7-14H2,1-2H3. The fraction of sp³-hybridized carbons (Fsp3) is 0.600. The number of piperidine rings is 1.